The number of nitrogens with zero attached hydrogens (tertiary/aromatic N) is 3. The van der Waals surface area contributed by atoms with Gasteiger partial charge >= 0.3 is 0 Å². The van der Waals surface area contributed by atoms with Gasteiger partial charge in [-0.15, -0.1) is 34.0 Å². The standard InChI is InChI=1S/C57H33N3S3/c1-4-13-34(14-5-1)38-19-10-22-45-49-55(61-52(38)45)41(27-30-58-49)37-25-26-42(43-28-31-59-50-46-23-11-20-39(53(46)62-56(43)50)35-15-6-2-7-16-35)48(33-37)44-29-32-60-51-47-24-12-21-40(54(47)63-57(44)51)36-17-8-3-9-18-36/h1-33H. The van der Waals surface area contributed by atoms with Crippen LogP contribution in [0.4, 0.5) is 0 Å². The topological polar surface area (TPSA) is 38.7 Å². The second kappa shape index (κ2) is 14.6. The summed E-state index contributed by atoms with van der Waals surface area (Å²) in [5.41, 5.74) is 17.4. The van der Waals surface area contributed by atoms with Gasteiger partial charge in [0.05, 0.1) is 30.6 Å². The third kappa shape index (κ3) is 5.80. The van der Waals surface area contributed by atoms with Crippen LogP contribution in [0.25, 0.3) is 128 Å². The summed E-state index contributed by atoms with van der Waals surface area (Å²) < 4.78 is 7.30. The quantitative estimate of drug-likeness (QED) is 0.167. The molecule has 3 nitrogen and oxygen atoms in total. The van der Waals surface area contributed by atoms with Crippen LogP contribution in [0.2, 0.25) is 0 Å². The Morgan fingerprint density at radius 1 is 0.238 bits per heavy atom. The predicted octanol–water partition coefficient (Wildman–Crippen LogP) is 17.0. The molecule has 6 heteroatoms. The fraction of sp³-hybridized carbons (Fsp3) is 0. The molecule has 6 aromatic heterocycles. The van der Waals surface area contributed by atoms with E-state index in [9.17, 15) is 0 Å². The van der Waals surface area contributed by atoms with E-state index in [1.165, 1.54) is 100.0 Å². The van der Waals surface area contributed by atoms with Crippen LogP contribution in [0.5, 0.6) is 0 Å². The smallest absolute Gasteiger partial charge is 0.0894 e. The van der Waals surface area contributed by atoms with Crippen LogP contribution in [-0.2, 0) is 0 Å². The number of aromatic nitrogens is 3. The highest BCUT2D eigenvalue weighted by atomic mass is 32.1. The van der Waals surface area contributed by atoms with Crippen molar-refractivity contribution in [3.05, 3.63) is 201 Å². The van der Waals surface area contributed by atoms with Crippen molar-refractivity contribution in [2.75, 3.05) is 0 Å². The highest BCUT2D eigenvalue weighted by Gasteiger charge is 2.22. The van der Waals surface area contributed by atoms with E-state index >= 15 is 0 Å². The van der Waals surface area contributed by atoms with Crippen LogP contribution in [-0.4, -0.2) is 15.0 Å². The SMILES string of the molecule is c1ccc(-c2cccc3c2sc2c(-c4ccc(-c5ccnc6c5sc5c(-c7ccccc7)cccc56)c(-c5ccnc6c5sc5c(-c7ccccc7)cccc56)c4)ccnc23)cc1. The molecule has 0 aliphatic heterocycles. The van der Waals surface area contributed by atoms with Crippen LogP contribution in [0, 0.1) is 0 Å². The Kier molecular flexibility index (Phi) is 8.44. The van der Waals surface area contributed by atoms with Crippen molar-refractivity contribution in [2.45, 2.75) is 0 Å². The van der Waals surface area contributed by atoms with Gasteiger partial charge in [-0.05, 0) is 74.3 Å². The molecule has 0 aliphatic carbocycles. The molecule has 0 saturated carbocycles. The number of hydrogen-bond donors (Lipinski definition) is 0. The first kappa shape index (κ1) is 36.3. The van der Waals surface area contributed by atoms with Crippen molar-refractivity contribution in [1.82, 2.24) is 15.0 Å². The molecule has 6 heterocycles. The van der Waals surface area contributed by atoms with Gasteiger partial charge < -0.3 is 0 Å². The maximum absolute atomic E-state index is 5.08. The van der Waals surface area contributed by atoms with Crippen LogP contribution in [0.3, 0.4) is 0 Å². The molecule has 7 aromatic carbocycles. The molecule has 0 fully saturated rings. The van der Waals surface area contributed by atoms with Crippen LogP contribution < -0.4 is 0 Å². The number of pyridine rings is 3. The van der Waals surface area contributed by atoms with E-state index in [-0.39, 0.29) is 0 Å². The van der Waals surface area contributed by atoms with E-state index in [4.69, 9.17) is 15.0 Å². The number of hydrogen-bond acceptors (Lipinski definition) is 6. The lowest BCUT2D eigenvalue weighted by Gasteiger charge is -2.15. The summed E-state index contributed by atoms with van der Waals surface area (Å²) >= 11 is 5.52. The Bertz CT molecular complexity index is 3900. The highest BCUT2D eigenvalue weighted by molar-refractivity contribution is 7.27. The number of rotatable bonds is 6. The van der Waals surface area contributed by atoms with Gasteiger partial charge in [-0.25, -0.2) is 0 Å². The number of benzene rings is 7. The molecule has 63 heavy (non-hydrogen) atoms. The summed E-state index contributed by atoms with van der Waals surface area (Å²) in [6.07, 6.45) is 5.95. The zero-order chi connectivity index (χ0) is 41.4. The van der Waals surface area contributed by atoms with Gasteiger partial charge in [0.1, 0.15) is 0 Å². The largest absolute Gasteiger partial charge is 0.255 e. The molecule has 294 valence electrons. The number of fused-ring (bicyclic) bond motifs is 9. The van der Waals surface area contributed by atoms with Crippen molar-refractivity contribution in [3.63, 3.8) is 0 Å². The molecular formula is C57H33N3S3. The van der Waals surface area contributed by atoms with Gasteiger partial charge in [-0.3, -0.25) is 15.0 Å². The predicted molar refractivity (Wildman–Crippen MR) is 271 cm³/mol. The molecule has 0 N–H and O–H groups in total. The molecule has 0 unspecified atom stereocenters. The summed E-state index contributed by atoms with van der Waals surface area (Å²) in [5.74, 6) is 0. The molecule has 13 aromatic rings. The normalized spacial score (nSPS) is 11.8. The van der Waals surface area contributed by atoms with Crippen molar-refractivity contribution in [2.24, 2.45) is 0 Å². The summed E-state index contributed by atoms with van der Waals surface area (Å²) in [7, 11) is 0. The van der Waals surface area contributed by atoms with Gasteiger partial charge in [0, 0.05) is 65.5 Å². The number of thiophene rings is 3. The summed E-state index contributed by atoms with van der Waals surface area (Å²) in [5, 5.41) is 3.54. The second-order valence-electron chi connectivity index (χ2n) is 15.8. The van der Waals surface area contributed by atoms with E-state index in [0.717, 1.165) is 27.7 Å². The van der Waals surface area contributed by atoms with E-state index in [1.54, 1.807) is 0 Å². The second-order valence-corrected chi connectivity index (χ2v) is 18.9. The minimum Gasteiger partial charge on any atom is -0.255 e. The summed E-state index contributed by atoms with van der Waals surface area (Å²) in [6.45, 7) is 0. The first-order valence-corrected chi connectivity index (χ1v) is 23.4. The van der Waals surface area contributed by atoms with Crippen molar-refractivity contribution in [1.29, 1.82) is 0 Å². The maximum atomic E-state index is 5.08. The molecule has 0 radical (unpaired) electrons. The third-order valence-corrected chi connectivity index (χ3v) is 16.1. The van der Waals surface area contributed by atoms with E-state index in [2.05, 4.69) is 182 Å². The lowest BCUT2D eigenvalue weighted by molar-refractivity contribution is 1.42. The Hall–Kier alpha value is -7.35. The average molecular weight is 856 g/mol. The minimum absolute atomic E-state index is 1.03. The highest BCUT2D eigenvalue weighted by Crippen LogP contribution is 2.50. The van der Waals surface area contributed by atoms with Crippen LogP contribution >= 0.6 is 34.0 Å². The van der Waals surface area contributed by atoms with Crippen LogP contribution in [0.15, 0.2) is 201 Å². The lowest BCUT2D eigenvalue weighted by Crippen LogP contribution is -1.90. The van der Waals surface area contributed by atoms with Gasteiger partial charge in [0.25, 0.3) is 0 Å². The Morgan fingerprint density at radius 3 is 1.03 bits per heavy atom. The molecule has 0 spiro atoms. The molecule has 0 saturated heterocycles. The molecule has 13 rings (SSSR count). The summed E-state index contributed by atoms with van der Waals surface area (Å²) in [6, 6.07) is 65.6. The lowest BCUT2D eigenvalue weighted by atomic mass is 9.91. The summed E-state index contributed by atoms with van der Waals surface area (Å²) in [4.78, 5) is 15.2. The monoisotopic (exact) mass is 855 g/mol. The maximum Gasteiger partial charge on any atom is 0.0894 e. The molecule has 0 atom stereocenters. The first-order chi connectivity index (χ1) is 31.3. The zero-order valence-corrected chi connectivity index (χ0v) is 36.1. The fourth-order valence-corrected chi connectivity index (χ4v) is 13.4. The molecular weight excluding hydrogens is 823 g/mol. The van der Waals surface area contributed by atoms with E-state index in [0.29, 0.717) is 0 Å². The molecule has 0 amide bonds. The van der Waals surface area contributed by atoms with Gasteiger partial charge in [0.15, 0.2) is 0 Å². The van der Waals surface area contributed by atoms with Gasteiger partial charge in [-0.1, -0.05) is 158 Å². The Labute approximate surface area is 374 Å². The van der Waals surface area contributed by atoms with Crippen molar-refractivity contribution >= 4 is 94.9 Å². The van der Waals surface area contributed by atoms with E-state index in [1.807, 2.05) is 52.6 Å². The van der Waals surface area contributed by atoms with Crippen molar-refractivity contribution in [3.8, 4) is 66.8 Å². The third-order valence-electron chi connectivity index (χ3n) is 12.3. The first-order valence-electron chi connectivity index (χ1n) is 21.0. The Morgan fingerprint density at radius 2 is 0.603 bits per heavy atom. The van der Waals surface area contributed by atoms with E-state index < -0.39 is 0 Å². The Balaban J connectivity index is 1.08. The molecule has 0 bridgehead atoms. The average Bonchev–Trinajstić information content (AvgIpc) is 4.06. The fourth-order valence-electron chi connectivity index (χ4n) is 9.39. The zero-order valence-electron chi connectivity index (χ0n) is 33.6. The van der Waals surface area contributed by atoms with Crippen LogP contribution in [0.1, 0.15) is 0 Å². The minimum atomic E-state index is 1.03. The molecule has 0 aliphatic rings. The van der Waals surface area contributed by atoms with Gasteiger partial charge in [-0.2, -0.15) is 0 Å². The van der Waals surface area contributed by atoms with Gasteiger partial charge in [0.2, 0.25) is 0 Å². The van der Waals surface area contributed by atoms with Crippen molar-refractivity contribution < 1.29 is 0 Å².